The van der Waals surface area contributed by atoms with E-state index in [2.05, 4.69) is 0 Å². The van der Waals surface area contributed by atoms with Crippen LogP contribution in [0.25, 0.3) is 0 Å². The van der Waals surface area contributed by atoms with Crippen LogP contribution >= 0.6 is 0 Å². The molecule has 0 saturated heterocycles. The molecule has 0 spiro atoms. The van der Waals surface area contributed by atoms with Crippen molar-refractivity contribution in [2.45, 2.75) is 94.7 Å². The minimum Gasteiger partial charge on any atom is -0.389 e. The predicted octanol–water partition coefficient (Wildman–Crippen LogP) is 10.2. The van der Waals surface area contributed by atoms with Gasteiger partial charge in [-0.05, 0) is 0 Å². The van der Waals surface area contributed by atoms with Crippen molar-refractivity contribution in [3.63, 3.8) is 0 Å². The van der Waals surface area contributed by atoms with Crippen LogP contribution in [0.3, 0.4) is 0 Å². The van der Waals surface area contributed by atoms with E-state index < -0.39 is 148 Å². The highest BCUT2D eigenvalue weighted by Gasteiger charge is 3.24. The summed E-state index contributed by atoms with van der Waals surface area (Å²) < 4.78 is 508. The second kappa shape index (κ2) is 15.1. The lowest BCUT2D eigenvalue weighted by atomic mass is 9.38. The molecule has 4 rings (SSSR count). The van der Waals surface area contributed by atoms with Gasteiger partial charge < -0.3 is 14.2 Å². The Balaban J connectivity index is 2.79. The van der Waals surface area contributed by atoms with Gasteiger partial charge in [-0.3, -0.25) is 14.2 Å². The number of carbonyl (C=O) groups is 3. The Labute approximate surface area is 341 Å². The maximum Gasteiger partial charge on any atom is 0.496 e. The lowest BCUT2D eigenvalue weighted by Gasteiger charge is -2.77. The fourth-order valence-electron chi connectivity index (χ4n) is 6.06. The van der Waals surface area contributed by atoms with Crippen LogP contribution in [0.4, 0.5) is 149 Å². The molecule has 0 aromatic heterocycles. The van der Waals surface area contributed by atoms with Crippen molar-refractivity contribution >= 4 is 17.9 Å². The standard InChI is InChI=1S/C25F34O9/c26-1(4(29)30)7(60)63-20(48,49)23(54,55)66-11-14(36,37)10(35)15(38,39)12(17(11,42)43,67-24(56,57)21(50,51)64-8(61)2(27)5(31)32)19(46,47)13(16(10,40)41,18(11,44)45)68-25(58,59)22(52,53)65-9(62)3(28)6(33)34. The number of ether oxygens (including phenoxy) is 6. The first-order valence-electron chi connectivity index (χ1n) is 14.7. The molecular weight excluding hydrogens is 1090 g/mol. The molecule has 4 aliphatic carbocycles. The predicted molar refractivity (Wildman–Crippen MR) is 124 cm³/mol. The van der Waals surface area contributed by atoms with Crippen molar-refractivity contribution in [1.29, 1.82) is 0 Å². The van der Waals surface area contributed by atoms with E-state index in [1.807, 2.05) is 0 Å². The topological polar surface area (TPSA) is 107 Å². The molecule has 0 N–H and O–H groups in total. The Hall–Kier alpha value is -4.87. The molecule has 0 aromatic carbocycles. The molecule has 0 atom stereocenters. The third-order valence-corrected chi connectivity index (χ3v) is 8.84. The summed E-state index contributed by atoms with van der Waals surface area (Å²) in [5.74, 6) is -86.4. The third kappa shape index (κ3) is 6.31. The van der Waals surface area contributed by atoms with E-state index in [-0.39, 0.29) is 0 Å². The lowest BCUT2D eigenvalue weighted by molar-refractivity contribution is -0.677. The number of hydrogen-bond donors (Lipinski definition) is 0. The Morgan fingerprint density at radius 3 is 0.588 bits per heavy atom. The van der Waals surface area contributed by atoms with Crippen LogP contribution in [0.15, 0.2) is 35.7 Å². The smallest absolute Gasteiger partial charge is 0.389 e. The highest BCUT2D eigenvalue weighted by atomic mass is 19.4. The van der Waals surface area contributed by atoms with Crippen LogP contribution in [0.2, 0.25) is 0 Å². The Morgan fingerprint density at radius 1 is 0.279 bits per heavy atom. The number of carbonyl (C=O) groups excluding carboxylic acids is 3. The SMILES string of the molecule is O=C(OC(F)(F)C(F)(F)OC12C(F)(F)C3(F)C(F)(F)C(OC(F)(F)C(F)(F)OC(=O)C(F)=C(F)F)(C1(F)F)C(F)(F)C(OC(F)(F)C(F)(F)OC(=O)C(F)=C(F)F)(C3(F)F)C2(F)F)C(F)=C(F)F. The van der Waals surface area contributed by atoms with Gasteiger partial charge in [-0.1, -0.05) is 0 Å². The van der Waals surface area contributed by atoms with E-state index in [0.717, 1.165) is 0 Å². The number of alkyl halides is 25. The number of halogens is 34. The third-order valence-electron chi connectivity index (χ3n) is 8.84. The summed E-state index contributed by atoms with van der Waals surface area (Å²) in [4.78, 5) is 33.2. The first-order valence-corrected chi connectivity index (χ1v) is 14.7. The molecular formula is C25F34O9. The Bertz CT molecular complexity index is 1950. The lowest BCUT2D eigenvalue weighted by Crippen LogP contribution is -3.12. The molecule has 4 bridgehead atoms. The largest absolute Gasteiger partial charge is 0.496 e. The highest BCUT2D eigenvalue weighted by Crippen LogP contribution is 2.90. The maximum atomic E-state index is 16.4. The summed E-state index contributed by atoms with van der Waals surface area (Å²) in [6.45, 7) is 0. The minimum absolute atomic E-state index is 1.38. The second-order valence-electron chi connectivity index (χ2n) is 12.4. The summed E-state index contributed by atoms with van der Waals surface area (Å²) in [6.07, 6.45) is -66.0. The molecule has 392 valence electrons. The minimum atomic E-state index is -10.1. The molecule has 0 aromatic rings. The molecule has 4 aliphatic rings. The van der Waals surface area contributed by atoms with E-state index in [9.17, 15) is 107 Å². The fourth-order valence-corrected chi connectivity index (χ4v) is 6.06. The number of esters is 3. The van der Waals surface area contributed by atoms with Gasteiger partial charge in [-0.2, -0.15) is 145 Å². The van der Waals surface area contributed by atoms with Gasteiger partial charge in [0.25, 0.3) is 34.3 Å². The van der Waals surface area contributed by atoms with Gasteiger partial charge in [-0.15, -0.1) is 0 Å². The number of hydrogen-bond acceptors (Lipinski definition) is 9. The fraction of sp³-hybridized carbons (Fsp3) is 0.640. The summed E-state index contributed by atoms with van der Waals surface area (Å²) in [7, 11) is 0. The van der Waals surface area contributed by atoms with Gasteiger partial charge in [0.15, 0.2) is 0 Å². The summed E-state index contributed by atoms with van der Waals surface area (Å²) >= 11 is 0. The van der Waals surface area contributed by atoms with Gasteiger partial charge in [0, 0.05) is 0 Å². The zero-order chi connectivity index (χ0) is 54.4. The van der Waals surface area contributed by atoms with Gasteiger partial charge >= 0.3 is 114 Å². The van der Waals surface area contributed by atoms with Crippen LogP contribution in [-0.2, 0) is 42.8 Å². The molecule has 68 heavy (non-hydrogen) atoms. The maximum absolute atomic E-state index is 16.4. The summed E-state index contributed by atoms with van der Waals surface area (Å²) in [5.41, 5.74) is -39.7. The van der Waals surface area contributed by atoms with Gasteiger partial charge in [0.1, 0.15) is 0 Å². The van der Waals surface area contributed by atoms with Crippen molar-refractivity contribution in [3.8, 4) is 0 Å². The van der Waals surface area contributed by atoms with E-state index in [1.54, 1.807) is 14.2 Å². The Morgan fingerprint density at radius 2 is 0.441 bits per heavy atom. The van der Waals surface area contributed by atoms with E-state index in [4.69, 9.17) is 0 Å². The molecule has 43 heteroatoms. The molecule has 0 aliphatic heterocycles. The van der Waals surface area contributed by atoms with Gasteiger partial charge in [0.2, 0.25) is 0 Å². The van der Waals surface area contributed by atoms with Crippen LogP contribution in [-0.4, -0.2) is 113 Å². The average molecular weight is 1090 g/mol. The molecule has 0 radical (unpaired) electrons. The monoisotopic (exact) mass is 1090 g/mol. The average Bonchev–Trinajstić information content (AvgIpc) is 3.13. The molecule has 9 nitrogen and oxygen atoms in total. The normalized spacial score (nSPS) is 28.9. The zero-order valence-corrected chi connectivity index (χ0v) is 29.0. The number of rotatable bonds is 15. The molecule has 4 saturated carbocycles. The summed E-state index contributed by atoms with van der Waals surface area (Å²) in [5, 5.41) is 0. The van der Waals surface area contributed by atoms with E-state index in [0.29, 0.717) is 0 Å². The second-order valence-corrected chi connectivity index (χ2v) is 12.4. The summed E-state index contributed by atoms with van der Waals surface area (Å²) in [6, 6.07) is 0. The highest BCUT2D eigenvalue weighted by molar-refractivity contribution is 5.87. The van der Waals surface area contributed by atoms with Crippen molar-refractivity contribution in [1.82, 2.24) is 0 Å². The Kier molecular flexibility index (Phi) is 12.7. The van der Waals surface area contributed by atoms with Crippen molar-refractivity contribution < 1.29 is 192 Å². The van der Waals surface area contributed by atoms with Gasteiger partial charge in [-0.25, -0.2) is 18.8 Å². The van der Waals surface area contributed by atoms with Crippen LogP contribution < -0.4 is 0 Å². The van der Waals surface area contributed by atoms with Gasteiger partial charge in [0.05, 0.1) is 0 Å². The molecule has 0 amide bonds. The first-order chi connectivity index (χ1) is 29.6. The van der Waals surface area contributed by atoms with Crippen LogP contribution in [0.5, 0.6) is 0 Å². The van der Waals surface area contributed by atoms with Crippen LogP contribution in [0.1, 0.15) is 0 Å². The first kappa shape index (κ1) is 57.4. The van der Waals surface area contributed by atoms with Crippen molar-refractivity contribution in [2.75, 3.05) is 0 Å². The van der Waals surface area contributed by atoms with Crippen molar-refractivity contribution in [2.24, 2.45) is 0 Å². The molecule has 0 unspecified atom stereocenters. The van der Waals surface area contributed by atoms with E-state index in [1.165, 1.54) is 14.2 Å². The van der Waals surface area contributed by atoms with E-state index >= 15 is 57.1 Å². The zero-order valence-electron chi connectivity index (χ0n) is 29.0. The molecule has 4 fully saturated rings. The van der Waals surface area contributed by atoms with Crippen molar-refractivity contribution in [3.05, 3.63) is 35.7 Å². The van der Waals surface area contributed by atoms with Crippen LogP contribution in [0, 0.1) is 0 Å². The quantitative estimate of drug-likeness (QED) is 0.0686. The molecule has 0 heterocycles.